The summed E-state index contributed by atoms with van der Waals surface area (Å²) in [5, 5.41) is 23.3. The molecule has 2 saturated heterocycles. The minimum atomic E-state index is -0.526. The number of allylic oxidation sites excluding steroid dienone is 2. The molecule has 3 aliphatic rings. The molecule has 0 radical (unpaired) electrons. The van der Waals surface area contributed by atoms with Gasteiger partial charge in [0, 0.05) is 23.4 Å². The van der Waals surface area contributed by atoms with Crippen LogP contribution < -0.4 is 4.90 Å². The van der Waals surface area contributed by atoms with Gasteiger partial charge in [-0.2, -0.15) is 0 Å². The molecule has 4 atom stereocenters. The van der Waals surface area contributed by atoms with Crippen molar-refractivity contribution in [2.24, 2.45) is 17.8 Å². The van der Waals surface area contributed by atoms with Crippen LogP contribution in [0, 0.1) is 27.9 Å². The van der Waals surface area contributed by atoms with Crippen molar-refractivity contribution in [2.45, 2.75) is 39.2 Å². The van der Waals surface area contributed by atoms with E-state index in [0.717, 1.165) is 45.2 Å². The minimum absolute atomic E-state index is 0.124. The van der Waals surface area contributed by atoms with Crippen LogP contribution in [-0.4, -0.2) is 34.6 Å². The molecule has 0 spiro atoms. The molecule has 0 saturated carbocycles. The maximum absolute atomic E-state index is 13.6. The number of ether oxygens (including phenoxy) is 1. The Bertz CT molecular complexity index is 1620. The van der Waals surface area contributed by atoms with Crippen LogP contribution in [0.1, 0.15) is 38.7 Å². The van der Waals surface area contributed by atoms with Crippen molar-refractivity contribution in [3.05, 3.63) is 93.1 Å². The highest BCUT2D eigenvalue weighted by atomic mass is 16.6. The molecule has 0 aromatic heterocycles. The van der Waals surface area contributed by atoms with Gasteiger partial charge in [-0.15, -0.1) is 0 Å². The molecule has 2 aliphatic heterocycles. The monoisotopic (exact) mass is 538 g/mol. The van der Waals surface area contributed by atoms with Gasteiger partial charge < -0.3 is 9.84 Å². The van der Waals surface area contributed by atoms with Crippen molar-refractivity contribution in [1.82, 2.24) is 0 Å². The third kappa shape index (κ3) is 4.29. The predicted molar refractivity (Wildman–Crippen MR) is 152 cm³/mol. The first-order valence-corrected chi connectivity index (χ1v) is 13.6. The van der Waals surface area contributed by atoms with Crippen molar-refractivity contribution >= 4 is 40.0 Å². The van der Waals surface area contributed by atoms with Crippen molar-refractivity contribution in [1.29, 1.82) is 0 Å². The summed E-state index contributed by atoms with van der Waals surface area (Å²) in [5.74, 6) is -1.50. The van der Waals surface area contributed by atoms with Crippen LogP contribution in [0.5, 0.6) is 5.75 Å². The van der Waals surface area contributed by atoms with E-state index in [4.69, 9.17) is 4.74 Å². The fourth-order valence-electron chi connectivity index (χ4n) is 6.76. The summed E-state index contributed by atoms with van der Waals surface area (Å²) in [4.78, 5) is 38.9. The maximum atomic E-state index is 13.6. The highest BCUT2D eigenvalue weighted by molar-refractivity contribution is 6.22. The van der Waals surface area contributed by atoms with Gasteiger partial charge in [-0.25, -0.2) is 4.90 Å². The number of anilines is 1. The Kier molecular flexibility index (Phi) is 6.50. The van der Waals surface area contributed by atoms with Gasteiger partial charge in [0.15, 0.2) is 0 Å². The van der Waals surface area contributed by atoms with Gasteiger partial charge in [-0.3, -0.25) is 19.7 Å². The van der Waals surface area contributed by atoms with Gasteiger partial charge in [0.2, 0.25) is 11.8 Å². The van der Waals surface area contributed by atoms with Gasteiger partial charge in [-0.1, -0.05) is 53.6 Å². The number of phenolic OH excluding ortho intramolecular Hbond substituents is 1. The molecular formula is C32H30N2O6. The number of nitro groups is 1. The molecule has 204 valence electrons. The predicted octanol–water partition coefficient (Wildman–Crippen LogP) is 6.18. The zero-order valence-corrected chi connectivity index (χ0v) is 22.4. The molecule has 1 aliphatic carbocycles. The van der Waals surface area contributed by atoms with Gasteiger partial charge in [0.05, 0.1) is 35.2 Å². The smallest absolute Gasteiger partial charge is 0.271 e. The number of imide groups is 1. The number of phenols is 1. The summed E-state index contributed by atoms with van der Waals surface area (Å²) in [5.41, 5.74) is 4.54. The highest BCUT2D eigenvalue weighted by Crippen LogP contribution is 2.50. The number of hydrogen-bond acceptors (Lipinski definition) is 6. The fourth-order valence-corrected chi connectivity index (χ4v) is 6.76. The van der Waals surface area contributed by atoms with Crippen LogP contribution in [0.4, 0.5) is 11.4 Å². The second kappa shape index (κ2) is 10.0. The normalized spacial score (nSPS) is 24.6. The Morgan fingerprint density at radius 2 is 1.85 bits per heavy atom. The van der Waals surface area contributed by atoms with Crippen LogP contribution in [0.25, 0.3) is 16.8 Å². The number of fused-ring (bicyclic) bond motifs is 4. The van der Waals surface area contributed by atoms with Gasteiger partial charge in [0.25, 0.3) is 5.69 Å². The van der Waals surface area contributed by atoms with Crippen LogP contribution >= 0.6 is 0 Å². The Morgan fingerprint density at radius 1 is 1.07 bits per heavy atom. The summed E-state index contributed by atoms with van der Waals surface area (Å²) < 4.78 is 6.25. The Labute approximate surface area is 231 Å². The highest BCUT2D eigenvalue weighted by Gasteiger charge is 2.56. The number of nitrogens with zero attached hydrogens (tertiary/aromatic N) is 2. The first-order chi connectivity index (χ1) is 19.2. The summed E-state index contributed by atoms with van der Waals surface area (Å²) in [7, 11) is 0. The molecule has 0 bridgehead atoms. The minimum Gasteiger partial charge on any atom is -0.507 e. The number of non-ortho nitro benzene ring substituents is 1. The van der Waals surface area contributed by atoms with E-state index >= 15 is 0 Å². The molecule has 3 aromatic rings. The molecule has 2 amide bonds. The lowest BCUT2D eigenvalue weighted by Crippen LogP contribution is -2.34. The first-order valence-electron chi connectivity index (χ1n) is 13.6. The number of amides is 2. The largest absolute Gasteiger partial charge is 0.507 e. The van der Waals surface area contributed by atoms with E-state index in [-0.39, 0.29) is 41.0 Å². The Morgan fingerprint density at radius 3 is 2.62 bits per heavy atom. The van der Waals surface area contributed by atoms with Crippen LogP contribution in [0.15, 0.2) is 77.4 Å². The molecule has 40 heavy (non-hydrogen) atoms. The van der Waals surface area contributed by atoms with Gasteiger partial charge in [-0.05, 0) is 61.8 Å². The second-order valence-electron chi connectivity index (χ2n) is 11.0. The van der Waals surface area contributed by atoms with E-state index in [1.165, 1.54) is 23.8 Å². The SMILES string of the molecule is CC1=C2[C@@H](CC/C(C)=C/c3ccc(O)c4ccccc34)OC[C@@H]2[C@@H]2C(=O)N(c3cccc([N+](=O)[O-])c3)C(=O)[C@@H]2C1. The van der Waals surface area contributed by atoms with Crippen molar-refractivity contribution in [3.63, 3.8) is 0 Å². The van der Waals surface area contributed by atoms with Crippen molar-refractivity contribution in [2.75, 3.05) is 11.5 Å². The zero-order chi connectivity index (χ0) is 28.1. The average Bonchev–Trinajstić information content (AvgIpc) is 3.48. The quantitative estimate of drug-likeness (QED) is 0.174. The van der Waals surface area contributed by atoms with Crippen LogP contribution in [0.2, 0.25) is 0 Å². The third-order valence-electron chi connectivity index (χ3n) is 8.59. The summed E-state index contributed by atoms with van der Waals surface area (Å²) in [6.07, 6.45) is 4.06. The standard InChI is InChI=1S/C32H30N2O6/c1-18(14-20-11-12-27(35)24-9-4-3-8-23(20)24)10-13-28-29-19(2)15-25-30(26(29)17-40-28)32(37)33(31(25)36)21-6-5-7-22(16-21)34(38)39/h3-9,11-12,14,16,25-26,28,30,35H,10,13,15,17H2,1-2H3/b18-14+/t25-,26+,28-,30-/m1/s1. The lowest BCUT2D eigenvalue weighted by Gasteiger charge is -2.30. The van der Waals surface area contributed by atoms with Gasteiger partial charge >= 0.3 is 0 Å². The Balaban J connectivity index is 1.20. The fraction of sp³-hybridized carbons (Fsp3) is 0.312. The van der Waals surface area contributed by atoms with E-state index in [2.05, 4.69) is 13.0 Å². The summed E-state index contributed by atoms with van der Waals surface area (Å²) >= 11 is 0. The summed E-state index contributed by atoms with van der Waals surface area (Å²) in [6, 6.07) is 17.1. The number of carbonyl (C=O) groups is 2. The molecular weight excluding hydrogens is 508 g/mol. The molecule has 8 nitrogen and oxygen atoms in total. The van der Waals surface area contributed by atoms with Crippen LogP contribution in [0.3, 0.4) is 0 Å². The molecule has 3 aromatic carbocycles. The lowest BCUT2D eigenvalue weighted by atomic mass is 9.70. The molecule has 6 rings (SSSR count). The molecule has 8 heteroatoms. The van der Waals surface area contributed by atoms with E-state index in [1.807, 2.05) is 37.3 Å². The molecule has 0 unspecified atom stereocenters. The molecule has 2 fully saturated rings. The number of benzene rings is 3. The molecule has 1 N–H and O–H groups in total. The number of carbonyl (C=O) groups excluding carboxylic acids is 2. The lowest BCUT2D eigenvalue weighted by molar-refractivity contribution is -0.384. The number of rotatable bonds is 6. The second-order valence-corrected chi connectivity index (χ2v) is 11.0. The molecule has 2 heterocycles. The van der Waals surface area contributed by atoms with Crippen molar-refractivity contribution in [3.8, 4) is 5.75 Å². The van der Waals surface area contributed by atoms with Crippen molar-refractivity contribution < 1.29 is 24.4 Å². The average molecular weight is 539 g/mol. The van der Waals surface area contributed by atoms with E-state index in [1.54, 1.807) is 12.1 Å². The van der Waals surface area contributed by atoms with E-state index in [0.29, 0.717) is 13.0 Å². The maximum Gasteiger partial charge on any atom is 0.271 e. The number of nitro benzene ring substituents is 1. The first kappa shape index (κ1) is 26.0. The van der Waals surface area contributed by atoms with Crippen LogP contribution in [-0.2, 0) is 14.3 Å². The number of hydrogen-bond donors (Lipinski definition) is 1. The van der Waals surface area contributed by atoms with E-state index < -0.39 is 16.8 Å². The Hall–Kier alpha value is -4.30. The summed E-state index contributed by atoms with van der Waals surface area (Å²) in [6.45, 7) is 4.49. The van der Waals surface area contributed by atoms with Gasteiger partial charge in [0.1, 0.15) is 5.75 Å². The number of aromatic hydroxyl groups is 1. The third-order valence-corrected chi connectivity index (χ3v) is 8.59. The van der Waals surface area contributed by atoms with E-state index in [9.17, 15) is 24.8 Å². The zero-order valence-electron chi connectivity index (χ0n) is 22.4. The topological polar surface area (TPSA) is 110 Å².